The van der Waals surface area contributed by atoms with Crippen LogP contribution in [0.15, 0.2) is 24.3 Å². The summed E-state index contributed by atoms with van der Waals surface area (Å²) in [7, 11) is 0. The maximum Gasteiger partial charge on any atom is 0.0720 e. The van der Waals surface area contributed by atoms with Crippen LogP contribution in [0.3, 0.4) is 0 Å². The van der Waals surface area contributed by atoms with E-state index >= 15 is 0 Å². The lowest BCUT2D eigenvalue weighted by Crippen LogP contribution is -2.16. The van der Waals surface area contributed by atoms with Gasteiger partial charge in [-0.05, 0) is 24.0 Å². The Balaban J connectivity index is 1.79. The van der Waals surface area contributed by atoms with E-state index in [0.717, 1.165) is 12.4 Å². The third-order valence-corrected chi connectivity index (χ3v) is 3.61. The summed E-state index contributed by atoms with van der Waals surface area (Å²) in [6, 6.07) is 8.56. The first kappa shape index (κ1) is 12.0. The summed E-state index contributed by atoms with van der Waals surface area (Å²) >= 11 is 4.25. The number of rotatable bonds is 4. The predicted octanol–water partition coefficient (Wildman–Crippen LogP) is 3.97. The van der Waals surface area contributed by atoms with Crippen molar-refractivity contribution in [3.63, 3.8) is 0 Å². The average Bonchev–Trinajstić information content (AvgIpc) is 2.38. The Hall–Kier alpha value is -0.470. The van der Waals surface area contributed by atoms with Crippen molar-refractivity contribution in [3.8, 4) is 0 Å². The van der Waals surface area contributed by atoms with Crippen molar-refractivity contribution in [1.82, 2.24) is 0 Å². The van der Waals surface area contributed by atoms with E-state index in [4.69, 9.17) is 4.74 Å². The number of hydrogen-bond acceptors (Lipinski definition) is 2. The number of thiol groups is 1. The maximum atomic E-state index is 5.92. The SMILES string of the molecule is SCc1ccc(COC2CCCCC2)cc1. The van der Waals surface area contributed by atoms with E-state index in [0.29, 0.717) is 6.10 Å². The van der Waals surface area contributed by atoms with Crippen LogP contribution in [0.25, 0.3) is 0 Å². The van der Waals surface area contributed by atoms with Crippen LogP contribution < -0.4 is 0 Å². The summed E-state index contributed by atoms with van der Waals surface area (Å²) in [5.74, 6) is 0.809. The quantitative estimate of drug-likeness (QED) is 0.778. The normalized spacial score (nSPS) is 17.6. The minimum atomic E-state index is 0.498. The lowest BCUT2D eigenvalue weighted by atomic mass is 9.98. The molecule has 0 atom stereocenters. The van der Waals surface area contributed by atoms with Crippen LogP contribution in [0.2, 0.25) is 0 Å². The lowest BCUT2D eigenvalue weighted by Gasteiger charge is -2.22. The van der Waals surface area contributed by atoms with Crippen LogP contribution in [-0.4, -0.2) is 6.10 Å². The summed E-state index contributed by atoms with van der Waals surface area (Å²) in [6.07, 6.45) is 7.05. The van der Waals surface area contributed by atoms with Crippen molar-refractivity contribution in [2.24, 2.45) is 0 Å². The third kappa shape index (κ3) is 3.53. The Morgan fingerprint density at radius 2 is 1.62 bits per heavy atom. The summed E-state index contributed by atoms with van der Waals surface area (Å²) in [5, 5.41) is 0. The molecule has 0 bridgehead atoms. The first-order valence-electron chi connectivity index (χ1n) is 6.19. The number of hydrogen-bond donors (Lipinski definition) is 1. The molecule has 0 unspecified atom stereocenters. The molecule has 1 nitrogen and oxygen atoms in total. The molecule has 0 amide bonds. The molecule has 1 aromatic rings. The Bertz CT molecular complexity index is 301. The summed E-state index contributed by atoms with van der Waals surface area (Å²) in [6.45, 7) is 0.761. The molecule has 0 saturated heterocycles. The first-order valence-corrected chi connectivity index (χ1v) is 6.82. The van der Waals surface area contributed by atoms with Crippen LogP contribution in [0, 0.1) is 0 Å². The van der Waals surface area contributed by atoms with Crippen molar-refractivity contribution in [2.45, 2.75) is 50.6 Å². The van der Waals surface area contributed by atoms with Gasteiger partial charge in [0.25, 0.3) is 0 Å². The highest BCUT2D eigenvalue weighted by Gasteiger charge is 2.13. The molecule has 88 valence electrons. The van der Waals surface area contributed by atoms with Gasteiger partial charge >= 0.3 is 0 Å². The van der Waals surface area contributed by atoms with Gasteiger partial charge in [-0.1, -0.05) is 43.5 Å². The zero-order valence-corrected chi connectivity index (χ0v) is 10.6. The molecule has 0 aromatic heterocycles. The highest BCUT2D eigenvalue weighted by atomic mass is 32.1. The van der Waals surface area contributed by atoms with Gasteiger partial charge in [0.15, 0.2) is 0 Å². The molecule has 2 rings (SSSR count). The van der Waals surface area contributed by atoms with Crippen molar-refractivity contribution in [3.05, 3.63) is 35.4 Å². The molecule has 1 fully saturated rings. The van der Waals surface area contributed by atoms with E-state index in [9.17, 15) is 0 Å². The minimum Gasteiger partial charge on any atom is -0.374 e. The zero-order chi connectivity index (χ0) is 11.2. The minimum absolute atomic E-state index is 0.498. The number of ether oxygens (including phenoxy) is 1. The zero-order valence-electron chi connectivity index (χ0n) is 9.69. The van der Waals surface area contributed by atoms with Gasteiger partial charge in [-0.3, -0.25) is 0 Å². The van der Waals surface area contributed by atoms with Gasteiger partial charge in [0.2, 0.25) is 0 Å². The predicted molar refractivity (Wildman–Crippen MR) is 70.8 cm³/mol. The summed E-state index contributed by atoms with van der Waals surface area (Å²) in [5.41, 5.74) is 2.54. The second-order valence-corrected chi connectivity index (χ2v) is 4.86. The molecular weight excluding hydrogens is 216 g/mol. The molecule has 0 radical (unpaired) electrons. The van der Waals surface area contributed by atoms with Gasteiger partial charge in [0, 0.05) is 5.75 Å². The molecule has 16 heavy (non-hydrogen) atoms. The molecule has 1 aromatic carbocycles. The Morgan fingerprint density at radius 3 is 2.25 bits per heavy atom. The molecule has 0 heterocycles. The van der Waals surface area contributed by atoms with E-state index in [1.165, 1.54) is 43.2 Å². The van der Waals surface area contributed by atoms with Crippen molar-refractivity contribution in [2.75, 3.05) is 0 Å². The third-order valence-electron chi connectivity index (χ3n) is 3.24. The Morgan fingerprint density at radius 1 is 1.00 bits per heavy atom. The molecule has 2 heteroatoms. The second-order valence-electron chi connectivity index (χ2n) is 4.55. The van der Waals surface area contributed by atoms with Crippen LogP contribution >= 0.6 is 12.6 Å². The molecule has 0 aliphatic heterocycles. The fourth-order valence-corrected chi connectivity index (χ4v) is 2.40. The van der Waals surface area contributed by atoms with E-state index < -0.39 is 0 Å². The lowest BCUT2D eigenvalue weighted by molar-refractivity contribution is 0.0169. The van der Waals surface area contributed by atoms with Crippen molar-refractivity contribution < 1.29 is 4.74 Å². The molecule has 0 N–H and O–H groups in total. The smallest absolute Gasteiger partial charge is 0.0720 e. The van der Waals surface area contributed by atoms with Gasteiger partial charge in [0.05, 0.1) is 12.7 Å². The summed E-state index contributed by atoms with van der Waals surface area (Å²) in [4.78, 5) is 0. The Kier molecular flexibility index (Phi) is 4.73. The monoisotopic (exact) mass is 236 g/mol. The van der Waals surface area contributed by atoms with Gasteiger partial charge < -0.3 is 4.74 Å². The van der Waals surface area contributed by atoms with Crippen molar-refractivity contribution in [1.29, 1.82) is 0 Å². The molecule has 1 saturated carbocycles. The summed E-state index contributed by atoms with van der Waals surface area (Å²) < 4.78 is 5.92. The van der Waals surface area contributed by atoms with E-state index in [1.807, 2.05) is 0 Å². The van der Waals surface area contributed by atoms with E-state index in [-0.39, 0.29) is 0 Å². The Labute approximate surface area is 104 Å². The van der Waals surface area contributed by atoms with Crippen molar-refractivity contribution >= 4 is 12.6 Å². The fraction of sp³-hybridized carbons (Fsp3) is 0.571. The van der Waals surface area contributed by atoms with E-state index in [2.05, 4.69) is 36.9 Å². The number of benzene rings is 1. The van der Waals surface area contributed by atoms with Crippen LogP contribution in [-0.2, 0) is 17.1 Å². The van der Waals surface area contributed by atoms with Crippen LogP contribution in [0.1, 0.15) is 43.2 Å². The molecule has 1 aliphatic rings. The van der Waals surface area contributed by atoms with Gasteiger partial charge in [-0.15, -0.1) is 0 Å². The van der Waals surface area contributed by atoms with Crippen LogP contribution in [0.5, 0.6) is 0 Å². The second kappa shape index (κ2) is 6.31. The highest BCUT2D eigenvalue weighted by molar-refractivity contribution is 7.79. The van der Waals surface area contributed by atoms with Gasteiger partial charge in [-0.25, -0.2) is 0 Å². The topological polar surface area (TPSA) is 9.23 Å². The average molecular weight is 236 g/mol. The van der Waals surface area contributed by atoms with Gasteiger partial charge in [-0.2, -0.15) is 12.6 Å². The highest BCUT2D eigenvalue weighted by Crippen LogP contribution is 2.21. The standard InChI is InChI=1S/C14H20OS/c16-11-13-8-6-12(7-9-13)10-15-14-4-2-1-3-5-14/h6-9,14,16H,1-5,10-11H2. The molecule has 0 spiro atoms. The fourth-order valence-electron chi connectivity index (χ4n) is 2.19. The largest absolute Gasteiger partial charge is 0.374 e. The molecular formula is C14H20OS. The van der Waals surface area contributed by atoms with E-state index in [1.54, 1.807) is 0 Å². The van der Waals surface area contributed by atoms with Gasteiger partial charge in [0.1, 0.15) is 0 Å². The first-order chi connectivity index (χ1) is 7.88. The maximum absolute atomic E-state index is 5.92. The van der Waals surface area contributed by atoms with Crippen LogP contribution in [0.4, 0.5) is 0 Å². The molecule has 1 aliphatic carbocycles.